The molecule has 0 atom stereocenters. The van der Waals surface area contributed by atoms with Gasteiger partial charge in [0.2, 0.25) is 5.71 Å². The van der Waals surface area contributed by atoms with E-state index in [1.165, 1.54) is 19.6 Å². The lowest BCUT2D eigenvalue weighted by Gasteiger charge is -1.96. The molecule has 2 rings (SSSR count). The third kappa shape index (κ3) is 1.17. The van der Waals surface area contributed by atoms with Crippen LogP contribution >= 0.6 is 0 Å². The molecule has 6 heteroatoms. The van der Waals surface area contributed by atoms with Crippen molar-refractivity contribution in [2.75, 3.05) is 7.11 Å². The van der Waals surface area contributed by atoms with Crippen molar-refractivity contribution in [3.8, 4) is 0 Å². The molecule has 2 aromatic rings. The van der Waals surface area contributed by atoms with Gasteiger partial charge >= 0.3 is 5.97 Å². The smallest absolute Gasteiger partial charge is 0.343 e. The van der Waals surface area contributed by atoms with E-state index in [4.69, 9.17) is 4.42 Å². The van der Waals surface area contributed by atoms with E-state index in [-0.39, 0.29) is 11.3 Å². The van der Waals surface area contributed by atoms with Crippen molar-refractivity contribution in [2.45, 2.75) is 0 Å². The highest BCUT2D eigenvalue weighted by atomic mass is 16.5. The van der Waals surface area contributed by atoms with Crippen LogP contribution in [0.5, 0.6) is 0 Å². The van der Waals surface area contributed by atoms with Crippen LogP contribution in [-0.2, 0) is 4.74 Å². The number of H-pyrrole nitrogens is 1. The van der Waals surface area contributed by atoms with Crippen LogP contribution in [0, 0.1) is 0 Å². The molecule has 0 aliphatic heterocycles. The van der Waals surface area contributed by atoms with Gasteiger partial charge in [0.05, 0.1) is 7.11 Å². The van der Waals surface area contributed by atoms with Crippen LogP contribution in [0.15, 0.2) is 21.7 Å². The number of carbonyl (C=O) groups excluding carboxylic acids is 1. The van der Waals surface area contributed by atoms with Gasteiger partial charge in [-0.25, -0.2) is 9.78 Å². The molecule has 0 bridgehead atoms. The number of esters is 1. The maximum absolute atomic E-state index is 11.3. The molecule has 0 amide bonds. The fourth-order valence-corrected chi connectivity index (χ4v) is 1.09. The SMILES string of the molecule is COC(=O)c1cc2ncoc2[nH]c1=O. The first-order valence-corrected chi connectivity index (χ1v) is 3.77. The summed E-state index contributed by atoms with van der Waals surface area (Å²) in [4.78, 5) is 28.5. The summed E-state index contributed by atoms with van der Waals surface area (Å²) < 4.78 is 9.27. The van der Waals surface area contributed by atoms with Gasteiger partial charge in [-0.1, -0.05) is 0 Å². The van der Waals surface area contributed by atoms with E-state index in [0.717, 1.165) is 0 Å². The molecular weight excluding hydrogens is 188 g/mol. The summed E-state index contributed by atoms with van der Waals surface area (Å²) in [5.74, 6) is -0.698. The lowest BCUT2D eigenvalue weighted by molar-refractivity contribution is 0.0599. The standard InChI is InChI=1S/C8H6N2O4/c1-13-8(12)4-2-5-7(10-6(4)11)14-3-9-5/h2-3H,1H3,(H,10,11). The maximum Gasteiger partial charge on any atom is 0.343 e. The normalized spacial score (nSPS) is 10.4. The number of nitrogens with zero attached hydrogens (tertiary/aromatic N) is 1. The molecule has 6 nitrogen and oxygen atoms in total. The number of carbonyl (C=O) groups is 1. The molecule has 0 unspecified atom stereocenters. The van der Waals surface area contributed by atoms with Crippen molar-refractivity contribution >= 4 is 17.2 Å². The van der Waals surface area contributed by atoms with Gasteiger partial charge in [0.25, 0.3) is 5.56 Å². The Bertz CT molecular complexity index is 540. The molecular formula is C8H6N2O4. The number of ether oxygens (including phenoxy) is 1. The van der Waals surface area contributed by atoms with Gasteiger partial charge in [-0.3, -0.25) is 9.78 Å². The summed E-state index contributed by atoms with van der Waals surface area (Å²) in [6.45, 7) is 0. The lowest BCUT2D eigenvalue weighted by atomic mass is 10.3. The van der Waals surface area contributed by atoms with E-state index in [0.29, 0.717) is 5.52 Å². The van der Waals surface area contributed by atoms with Gasteiger partial charge < -0.3 is 9.15 Å². The Morgan fingerprint density at radius 1 is 1.64 bits per heavy atom. The van der Waals surface area contributed by atoms with E-state index in [1.54, 1.807) is 0 Å². The van der Waals surface area contributed by atoms with E-state index < -0.39 is 11.5 Å². The van der Waals surface area contributed by atoms with Gasteiger partial charge in [-0.2, -0.15) is 0 Å². The number of hydrogen-bond acceptors (Lipinski definition) is 5. The van der Waals surface area contributed by atoms with E-state index in [2.05, 4.69) is 14.7 Å². The molecule has 0 saturated carbocycles. The highest BCUT2D eigenvalue weighted by molar-refractivity contribution is 5.91. The van der Waals surface area contributed by atoms with Crippen molar-refractivity contribution in [2.24, 2.45) is 0 Å². The molecule has 2 heterocycles. The topological polar surface area (TPSA) is 85.2 Å². The Kier molecular flexibility index (Phi) is 1.81. The Labute approximate surface area is 77.5 Å². The average Bonchev–Trinajstić information content (AvgIpc) is 2.62. The number of pyridine rings is 1. The molecule has 0 saturated heterocycles. The third-order valence-electron chi connectivity index (χ3n) is 1.75. The minimum Gasteiger partial charge on any atom is -0.465 e. The van der Waals surface area contributed by atoms with Crippen LogP contribution in [-0.4, -0.2) is 23.0 Å². The first-order chi connectivity index (χ1) is 6.72. The summed E-state index contributed by atoms with van der Waals surface area (Å²) in [5.41, 5.74) is 0.00246. The third-order valence-corrected chi connectivity index (χ3v) is 1.75. The summed E-state index contributed by atoms with van der Waals surface area (Å²) in [6, 6.07) is 1.32. The van der Waals surface area contributed by atoms with Crippen LogP contribution < -0.4 is 5.56 Å². The monoisotopic (exact) mass is 194 g/mol. The lowest BCUT2D eigenvalue weighted by Crippen LogP contribution is -2.18. The fraction of sp³-hybridized carbons (Fsp3) is 0.125. The second-order valence-electron chi connectivity index (χ2n) is 2.57. The van der Waals surface area contributed by atoms with Crippen molar-refractivity contribution < 1.29 is 13.9 Å². The van der Waals surface area contributed by atoms with Crippen molar-refractivity contribution in [1.29, 1.82) is 0 Å². The molecule has 0 spiro atoms. The number of nitrogens with one attached hydrogen (secondary N) is 1. The van der Waals surface area contributed by atoms with Gasteiger partial charge in [-0.05, 0) is 6.07 Å². The minimum atomic E-state index is -0.698. The van der Waals surface area contributed by atoms with Crippen LogP contribution in [0.3, 0.4) is 0 Å². The van der Waals surface area contributed by atoms with E-state index in [9.17, 15) is 9.59 Å². The number of rotatable bonds is 1. The predicted octanol–water partition coefficient (Wildman–Crippen LogP) is 0.303. The second-order valence-corrected chi connectivity index (χ2v) is 2.57. The summed E-state index contributed by atoms with van der Waals surface area (Å²) in [7, 11) is 1.20. The van der Waals surface area contributed by atoms with Crippen LogP contribution in [0.1, 0.15) is 10.4 Å². The van der Waals surface area contributed by atoms with Crippen LogP contribution in [0.25, 0.3) is 11.2 Å². The second kappa shape index (κ2) is 2.99. The molecule has 2 aromatic heterocycles. The fourth-order valence-electron chi connectivity index (χ4n) is 1.09. The zero-order valence-corrected chi connectivity index (χ0v) is 7.23. The average molecular weight is 194 g/mol. The van der Waals surface area contributed by atoms with Crippen molar-refractivity contribution in [1.82, 2.24) is 9.97 Å². The molecule has 0 aliphatic carbocycles. The zero-order chi connectivity index (χ0) is 10.1. The molecule has 0 fully saturated rings. The summed E-state index contributed by atoms with van der Waals surface area (Å²) in [6.07, 6.45) is 1.18. The Hall–Kier alpha value is -2.11. The van der Waals surface area contributed by atoms with Crippen LogP contribution in [0.2, 0.25) is 0 Å². The van der Waals surface area contributed by atoms with E-state index >= 15 is 0 Å². The van der Waals surface area contributed by atoms with E-state index in [1.807, 2.05) is 0 Å². The van der Waals surface area contributed by atoms with Gasteiger partial charge in [0.1, 0.15) is 11.1 Å². The first kappa shape index (κ1) is 8.49. The molecule has 72 valence electrons. The van der Waals surface area contributed by atoms with Gasteiger partial charge in [0.15, 0.2) is 6.39 Å². The number of fused-ring (bicyclic) bond motifs is 1. The molecule has 0 radical (unpaired) electrons. The minimum absolute atomic E-state index is 0.0890. The predicted molar refractivity (Wildman–Crippen MR) is 46.0 cm³/mol. The van der Waals surface area contributed by atoms with Crippen molar-refractivity contribution in [3.05, 3.63) is 28.4 Å². The highest BCUT2D eigenvalue weighted by Crippen LogP contribution is 2.08. The molecule has 0 aromatic carbocycles. The van der Waals surface area contributed by atoms with Crippen molar-refractivity contribution in [3.63, 3.8) is 0 Å². The highest BCUT2D eigenvalue weighted by Gasteiger charge is 2.13. The number of oxazole rings is 1. The number of methoxy groups -OCH3 is 1. The largest absolute Gasteiger partial charge is 0.465 e. The van der Waals surface area contributed by atoms with Gasteiger partial charge in [-0.15, -0.1) is 0 Å². The Morgan fingerprint density at radius 2 is 2.43 bits per heavy atom. The number of aromatic amines is 1. The first-order valence-electron chi connectivity index (χ1n) is 3.77. The maximum atomic E-state index is 11.3. The number of aromatic nitrogens is 2. The summed E-state index contributed by atoms with van der Waals surface area (Å²) in [5, 5.41) is 0. The molecule has 1 N–H and O–H groups in total. The molecule has 0 aliphatic rings. The zero-order valence-electron chi connectivity index (χ0n) is 7.23. The Morgan fingerprint density at radius 3 is 3.14 bits per heavy atom. The molecule has 14 heavy (non-hydrogen) atoms. The van der Waals surface area contributed by atoms with Crippen LogP contribution in [0.4, 0.5) is 0 Å². The summed E-state index contributed by atoms with van der Waals surface area (Å²) >= 11 is 0. The Balaban J connectivity index is 2.71. The number of hydrogen-bond donors (Lipinski definition) is 1. The van der Waals surface area contributed by atoms with Gasteiger partial charge in [0, 0.05) is 0 Å². The quantitative estimate of drug-likeness (QED) is 0.660.